The Morgan fingerprint density at radius 3 is 2.69 bits per heavy atom. The van der Waals surface area contributed by atoms with Gasteiger partial charge < -0.3 is 15.4 Å². The van der Waals surface area contributed by atoms with Crippen molar-refractivity contribution in [2.24, 2.45) is 0 Å². The van der Waals surface area contributed by atoms with Crippen LogP contribution in [0.15, 0.2) is 42.5 Å². The van der Waals surface area contributed by atoms with Crippen LogP contribution in [-0.2, 0) is 16.1 Å². The lowest BCUT2D eigenvalue weighted by Crippen LogP contribution is -2.29. The number of esters is 1. The van der Waals surface area contributed by atoms with Gasteiger partial charge in [-0.25, -0.2) is 4.79 Å². The molecule has 0 spiro atoms. The quantitative estimate of drug-likeness (QED) is 0.277. The Morgan fingerprint density at radius 2 is 2.00 bits per heavy atom. The van der Waals surface area contributed by atoms with E-state index in [0.29, 0.717) is 10.7 Å². The van der Waals surface area contributed by atoms with Crippen LogP contribution in [0.1, 0.15) is 22.3 Å². The fraction of sp³-hybridized carbons (Fsp3) is 0.211. The molecule has 0 aliphatic rings. The van der Waals surface area contributed by atoms with Crippen molar-refractivity contribution in [3.8, 4) is 6.07 Å². The first-order valence-electron chi connectivity index (χ1n) is 8.49. The van der Waals surface area contributed by atoms with Crippen molar-refractivity contribution in [3.63, 3.8) is 0 Å². The third-order valence-electron chi connectivity index (χ3n) is 3.75. The summed E-state index contributed by atoms with van der Waals surface area (Å²) >= 11 is 6.11. The van der Waals surface area contributed by atoms with Crippen molar-refractivity contribution in [3.05, 3.63) is 68.7 Å². The first-order chi connectivity index (χ1) is 13.9. The number of non-ortho nitro benzene ring substituents is 1. The highest BCUT2D eigenvalue weighted by Crippen LogP contribution is 2.24. The summed E-state index contributed by atoms with van der Waals surface area (Å²) in [6, 6.07) is 12.7. The number of nitro benzene ring substituents is 1. The predicted octanol–water partition coefficient (Wildman–Crippen LogP) is 3.05. The molecule has 29 heavy (non-hydrogen) atoms. The first-order valence-corrected chi connectivity index (χ1v) is 8.86. The van der Waals surface area contributed by atoms with Gasteiger partial charge in [0, 0.05) is 35.9 Å². The summed E-state index contributed by atoms with van der Waals surface area (Å²) in [5.74, 6) is -1.48. The minimum absolute atomic E-state index is 0.0870. The first kappa shape index (κ1) is 21.7. The SMILES string of the molecule is N#CCCNC(=O)COC(=O)c1cc([N+](=O)[O-])ccc1NCc1ccccc1Cl. The molecule has 150 valence electrons. The molecule has 9 nitrogen and oxygen atoms in total. The Hall–Kier alpha value is -3.64. The van der Waals surface area contributed by atoms with Gasteiger partial charge in [0.25, 0.3) is 11.6 Å². The maximum Gasteiger partial charge on any atom is 0.341 e. The minimum Gasteiger partial charge on any atom is -0.452 e. The van der Waals surface area contributed by atoms with Crippen LogP contribution in [0.3, 0.4) is 0 Å². The molecule has 0 aromatic heterocycles. The number of nitro groups is 1. The number of halogens is 1. The molecule has 0 unspecified atom stereocenters. The number of nitrogens with one attached hydrogen (secondary N) is 2. The summed E-state index contributed by atoms with van der Waals surface area (Å²) in [5, 5.41) is 25.4. The van der Waals surface area contributed by atoms with Gasteiger partial charge in [-0.3, -0.25) is 14.9 Å². The fourth-order valence-electron chi connectivity index (χ4n) is 2.32. The van der Waals surface area contributed by atoms with Gasteiger partial charge in [-0.2, -0.15) is 5.26 Å². The molecule has 0 saturated heterocycles. The van der Waals surface area contributed by atoms with Crippen LogP contribution in [0.2, 0.25) is 5.02 Å². The van der Waals surface area contributed by atoms with Gasteiger partial charge >= 0.3 is 5.97 Å². The lowest BCUT2D eigenvalue weighted by atomic mass is 10.1. The maximum absolute atomic E-state index is 12.4. The van der Waals surface area contributed by atoms with E-state index in [1.165, 1.54) is 12.1 Å². The zero-order valence-corrected chi connectivity index (χ0v) is 15.9. The second kappa shape index (κ2) is 10.6. The Bertz CT molecular complexity index is 958. The maximum atomic E-state index is 12.4. The molecule has 0 heterocycles. The van der Waals surface area contributed by atoms with Gasteiger partial charge in [-0.05, 0) is 17.7 Å². The topological polar surface area (TPSA) is 134 Å². The number of nitrogens with zero attached hydrogens (tertiary/aromatic N) is 2. The summed E-state index contributed by atoms with van der Waals surface area (Å²) in [6.45, 7) is -0.169. The van der Waals surface area contributed by atoms with Crippen molar-refractivity contribution >= 4 is 34.9 Å². The summed E-state index contributed by atoms with van der Waals surface area (Å²) in [7, 11) is 0. The number of amides is 1. The molecule has 0 aliphatic heterocycles. The van der Waals surface area contributed by atoms with E-state index in [2.05, 4.69) is 10.6 Å². The monoisotopic (exact) mass is 416 g/mol. The molecule has 0 radical (unpaired) electrons. The van der Waals surface area contributed by atoms with Gasteiger partial charge in [-0.1, -0.05) is 29.8 Å². The number of nitriles is 1. The van der Waals surface area contributed by atoms with Crippen LogP contribution >= 0.6 is 11.6 Å². The molecule has 0 atom stereocenters. The molecule has 0 fully saturated rings. The number of carbonyl (C=O) groups is 2. The third-order valence-corrected chi connectivity index (χ3v) is 4.12. The largest absolute Gasteiger partial charge is 0.452 e. The Morgan fingerprint density at radius 1 is 1.24 bits per heavy atom. The lowest BCUT2D eigenvalue weighted by molar-refractivity contribution is -0.384. The highest BCUT2D eigenvalue weighted by molar-refractivity contribution is 6.31. The van der Waals surface area contributed by atoms with Crippen LogP contribution in [-0.4, -0.2) is 30.0 Å². The summed E-state index contributed by atoms with van der Waals surface area (Å²) < 4.78 is 4.95. The van der Waals surface area contributed by atoms with Gasteiger partial charge in [0.15, 0.2) is 6.61 Å². The highest BCUT2D eigenvalue weighted by atomic mass is 35.5. The Labute approximate surface area is 171 Å². The second-order valence-electron chi connectivity index (χ2n) is 5.77. The number of benzene rings is 2. The highest BCUT2D eigenvalue weighted by Gasteiger charge is 2.19. The molecular weight excluding hydrogens is 400 g/mol. The van der Waals surface area contributed by atoms with Crippen LogP contribution in [0, 0.1) is 21.4 Å². The van der Waals surface area contributed by atoms with Crippen LogP contribution in [0.25, 0.3) is 0 Å². The minimum atomic E-state index is -0.897. The molecule has 10 heteroatoms. The van der Waals surface area contributed by atoms with Crippen molar-refractivity contribution in [1.82, 2.24) is 5.32 Å². The van der Waals surface area contributed by atoms with E-state index in [9.17, 15) is 19.7 Å². The van der Waals surface area contributed by atoms with Gasteiger partial charge in [-0.15, -0.1) is 0 Å². The number of hydrogen-bond donors (Lipinski definition) is 2. The zero-order valence-electron chi connectivity index (χ0n) is 15.2. The summed E-state index contributed by atoms with van der Waals surface area (Å²) in [5.41, 5.74) is 0.684. The van der Waals surface area contributed by atoms with Gasteiger partial charge in [0.2, 0.25) is 0 Å². The van der Waals surface area contributed by atoms with Crippen molar-refractivity contribution < 1.29 is 19.2 Å². The number of hydrogen-bond acceptors (Lipinski definition) is 7. The standard InChI is InChI=1S/C19H17ClN4O5/c20-16-5-2-1-4-13(16)11-23-17-7-6-14(24(27)28)10-15(17)19(26)29-12-18(25)22-9-3-8-21/h1-2,4-7,10,23H,3,9,11-12H2,(H,22,25). The zero-order chi connectivity index (χ0) is 21.2. The molecule has 2 N–H and O–H groups in total. The molecule has 1 amide bonds. The van der Waals surface area contributed by atoms with E-state index in [0.717, 1.165) is 11.6 Å². The molecular formula is C19H17ClN4O5. The number of rotatable bonds is 9. The van der Waals surface area contributed by atoms with E-state index < -0.39 is 23.4 Å². The van der Waals surface area contributed by atoms with E-state index in [1.807, 2.05) is 6.07 Å². The lowest BCUT2D eigenvalue weighted by Gasteiger charge is -2.12. The normalized spacial score (nSPS) is 9.93. The Balaban J connectivity index is 2.12. The van der Waals surface area contributed by atoms with E-state index in [4.69, 9.17) is 21.6 Å². The average Bonchev–Trinajstić information content (AvgIpc) is 2.71. The average molecular weight is 417 g/mol. The number of carbonyl (C=O) groups excluding carboxylic acids is 2. The molecule has 2 aromatic rings. The van der Waals surface area contributed by atoms with E-state index in [1.54, 1.807) is 24.3 Å². The molecule has 2 aromatic carbocycles. The summed E-state index contributed by atoms with van der Waals surface area (Å²) in [4.78, 5) is 34.4. The Kier molecular flexibility index (Phi) is 7.94. The van der Waals surface area contributed by atoms with Crippen molar-refractivity contribution in [2.75, 3.05) is 18.5 Å². The molecule has 0 bridgehead atoms. The second-order valence-corrected chi connectivity index (χ2v) is 6.17. The smallest absolute Gasteiger partial charge is 0.341 e. The number of ether oxygens (including phenoxy) is 1. The van der Waals surface area contributed by atoms with Crippen LogP contribution in [0.4, 0.5) is 11.4 Å². The van der Waals surface area contributed by atoms with Gasteiger partial charge in [0.05, 0.1) is 23.0 Å². The predicted molar refractivity (Wildman–Crippen MR) is 105 cm³/mol. The summed E-state index contributed by atoms with van der Waals surface area (Å²) in [6.07, 6.45) is 0.126. The van der Waals surface area contributed by atoms with Crippen molar-refractivity contribution in [1.29, 1.82) is 5.26 Å². The third kappa shape index (κ3) is 6.48. The molecule has 0 saturated carbocycles. The fourth-order valence-corrected chi connectivity index (χ4v) is 2.52. The van der Waals surface area contributed by atoms with Gasteiger partial charge in [0.1, 0.15) is 0 Å². The van der Waals surface area contributed by atoms with E-state index in [-0.39, 0.29) is 30.8 Å². The molecule has 2 rings (SSSR count). The van der Waals surface area contributed by atoms with E-state index >= 15 is 0 Å². The number of anilines is 1. The van der Waals surface area contributed by atoms with Crippen LogP contribution in [0.5, 0.6) is 0 Å². The van der Waals surface area contributed by atoms with Crippen LogP contribution < -0.4 is 10.6 Å². The van der Waals surface area contributed by atoms with Crippen molar-refractivity contribution in [2.45, 2.75) is 13.0 Å². The molecule has 0 aliphatic carbocycles.